The van der Waals surface area contributed by atoms with Crippen LogP contribution < -0.4 is 25.0 Å². The molecule has 2 N–H and O–H groups in total. The molecule has 35 heavy (non-hydrogen) atoms. The molecule has 0 atom stereocenters. The van der Waals surface area contributed by atoms with E-state index >= 15 is 0 Å². The highest BCUT2D eigenvalue weighted by molar-refractivity contribution is 7.80. The number of hydrogen-bond donors (Lipinski definition) is 2. The van der Waals surface area contributed by atoms with E-state index in [4.69, 9.17) is 21.7 Å². The minimum atomic E-state index is -0.286. The van der Waals surface area contributed by atoms with Crippen LogP contribution in [0.2, 0.25) is 0 Å². The average Bonchev–Trinajstić information content (AvgIpc) is 3.15. The van der Waals surface area contributed by atoms with E-state index in [-0.39, 0.29) is 18.4 Å². The van der Waals surface area contributed by atoms with Gasteiger partial charge in [-0.15, -0.1) is 0 Å². The number of nitrogens with zero attached hydrogens (tertiary/aromatic N) is 1. The summed E-state index contributed by atoms with van der Waals surface area (Å²) in [5.41, 5.74) is 3.57. The molecule has 0 unspecified atom stereocenters. The summed E-state index contributed by atoms with van der Waals surface area (Å²) in [5.74, 6) is 0.338. The van der Waals surface area contributed by atoms with E-state index in [2.05, 4.69) is 10.6 Å². The predicted molar refractivity (Wildman–Crippen MR) is 141 cm³/mol. The summed E-state index contributed by atoms with van der Waals surface area (Å²) in [6.45, 7) is 1.86. The lowest BCUT2D eigenvalue weighted by Crippen LogP contribution is -2.31. The zero-order chi connectivity index (χ0) is 24.8. The summed E-state index contributed by atoms with van der Waals surface area (Å²) in [5, 5.41) is 6.11. The summed E-state index contributed by atoms with van der Waals surface area (Å²) in [6.07, 6.45) is 2.49. The first-order chi connectivity index (χ1) is 17.0. The van der Waals surface area contributed by atoms with Crippen LogP contribution >= 0.6 is 12.2 Å². The number of aryl methyl sites for hydroxylation is 1. The number of para-hydroxylation sites is 2. The first-order valence-electron chi connectivity index (χ1n) is 11.1. The molecule has 1 saturated heterocycles. The maximum atomic E-state index is 13.1. The number of anilines is 2. The zero-order valence-corrected chi connectivity index (χ0v) is 20.2. The molecule has 1 heterocycles. The van der Waals surface area contributed by atoms with Crippen LogP contribution in [0.5, 0.6) is 11.5 Å². The lowest BCUT2D eigenvalue weighted by Gasteiger charge is -2.17. The van der Waals surface area contributed by atoms with Crippen molar-refractivity contribution in [3.63, 3.8) is 0 Å². The van der Waals surface area contributed by atoms with Gasteiger partial charge in [0.1, 0.15) is 5.70 Å². The number of carbonyl (C=O) groups is 2. The summed E-state index contributed by atoms with van der Waals surface area (Å²) in [4.78, 5) is 26.9. The van der Waals surface area contributed by atoms with Gasteiger partial charge in [0.25, 0.3) is 11.8 Å². The second kappa shape index (κ2) is 10.8. The van der Waals surface area contributed by atoms with E-state index in [0.29, 0.717) is 33.6 Å². The maximum absolute atomic E-state index is 13.1. The van der Waals surface area contributed by atoms with Crippen LogP contribution in [0.4, 0.5) is 11.4 Å². The van der Waals surface area contributed by atoms with Crippen LogP contribution in [0.3, 0.4) is 0 Å². The molecule has 7 nitrogen and oxygen atoms in total. The number of amides is 2. The number of ether oxygens (including phenoxy) is 2. The Balaban J connectivity index is 1.48. The van der Waals surface area contributed by atoms with Crippen molar-refractivity contribution in [1.82, 2.24) is 5.32 Å². The van der Waals surface area contributed by atoms with Crippen LogP contribution in [0.1, 0.15) is 18.1 Å². The van der Waals surface area contributed by atoms with Gasteiger partial charge in [0.2, 0.25) is 0 Å². The normalized spacial score (nSPS) is 14.1. The van der Waals surface area contributed by atoms with Crippen LogP contribution in [0.25, 0.3) is 6.08 Å². The second-order valence-electron chi connectivity index (χ2n) is 7.72. The fraction of sp³-hybridized carbons (Fsp3) is 0.148. The number of nitrogens with one attached hydrogen (secondary N) is 2. The third kappa shape index (κ3) is 5.50. The monoisotopic (exact) mass is 487 g/mol. The molecule has 3 aromatic rings. The predicted octanol–water partition coefficient (Wildman–Crippen LogP) is 4.54. The van der Waals surface area contributed by atoms with E-state index < -0.39 is 0 Å². The molecule has 3 aromatic carbocycles. The molecule has 0 spiro atoms. The van der Waals surface area contributed by atoms with Gasteiger partial charge in [-0.25, -0.2) is 0 Å². The minimum Gasteiger partial charge on any atom is -0.493 e. The smallest absolute Gasteiger partial charge is 0.281 e. The van der Waals surface area contributed by atoms with Crippen LogP contribution in [-0.4, -0.2) is 30.6 Å². The Morgan fingerprint density at radius 1 is 1.06 bits per heavy atom. The van der Waals surface area contributed by atoms with Crippen molar-refractivity contribution in [2.75, 3.05) is 23.9 Å². The maximum Gasteiger partial charge on any atom is 0.281 e. The topological polar surface area (TPSA) is 79.9 Å². The highest BCUT2D eigenvalue weighted by Gasteiger charge is 2.33. The summed E-state index contributed by atoms with van der Waals surface area (Å²) < 4.78 is 11.1. The molecule has 8 heteroatoms. The Hall–Kier alpha value is -4.17. The molecular weight excluding hydrogens is 462 g/mol. The molecule has 2 amide bonds. The van der Waals surface area contributed by atoms with Gasteiger partial charge < -0.3 is 20.1 Å². The summed E-state index contributed by atoms with van der Waals surface area (Å²) in [7, 11) is 1.51. The van der Waals surface area contributed by atoms with Gasteiger partial charge in [-0.1, -0.05) is 49.4 Å². The standard InChI is InChI=1S/C27H25N3O4S/c1-3-19-9-7-8-12-22(19)30-26(32)21(29-27(30)35)15-18-13-14-23(24(16-18)33-2)34-17-25(31)28-20-10-5-4-6-11-20/h4-16H,3,17H2,1-2H3,(H,28,31)(H,29,35)/b21-15+. The highest BCUT2D eigenvalue weighted by atomic mass is 32.1. The third-order valence-electron chi connectivity index (χ3n) is 5.41. The summed E-state index contributed by atoms with van der Waals surface area (Å²) in [6, 6.07) is 22.1. The van der Waals surface area contributed by atoms with E-state index in [1.807, 2.05) is 49.4 Å². The Kier molecular flexibility index (Phi) is 7.42. The minimum absolute atomic E-state index is 0.175. The van der Waals surface area contributed by atoms with Crippen molar-refractivity contribution in [1.29, 1.82) is 0 Å². The quantitative estimate of drug-likeness (QED) is 0.359. The number of methoxy groups -OCH3 is 1. The summed E-state index contributed by atoms with van der Waals surface area (Å²) >= 11 is 5.45. The fourth-order valence-electron chi connectivity index (χ4n) is 3.70. The van der Waals surface area contributed by atoms with Crippen molar-refractivity contribution >= 4 is 46.6 Å². The number of benzene rings is 3. The molecule has 1 aliphatic heterocycles. The van der Waals surface area contributed by atoms with Crippen molar-refractivity contribution < 1.29 is 19.1 Å². The molecule has 1 fully saturated rings. The van der Waals surface area contributed by atoms with Gasteiger partial charge in [0.05, 0.1) is 12.8 Å². The van der Waals surface area contributed by atoms with Crippen molar-refractivity contribution in [3.8, 4) is 11.5 Å². The first kappa shape index (κ1) is 24.0. The SMILES string of the molecule is CCc1ccccc1N1C(=O)/C(=C\c2ccc(OCC(=O)Nc3ccccc3)c(OC)c2)NC1=S. The molecule has 1 aliphatic rings. The van der Waals surface area contributed by atoms with Crippen molar-refractivity contribution in [3.05, 3.63) is 89.6 Å². The van der Waals surface area contributed by atoms with Crippen molar-refractivity contribution in [2.45, 2.75) is 13.3 Å². The second-order valence-corrected chi connectivity index (χ2v) is 8.11. The average molecular weight is 488 g/mol. The van der Waals surface area contributed by atoms with Gasteiger partial charge >= 0.3 is 0 Å². The lowest BCUT2D eigenvalue weighted by molar-refractivity contribution is -0.118. The number of carbonyl (C=O) groups excluding carboxylic acids is 2. The molecule has 0 aliphatic carbocycles. The van der Waals surface area contributed by atoms with E-state index in [1.54, 1.807) is 36.4 Å². The molecule has 4 rings (SSSR count). The number of rotatable bonds is 8. The Morgan fingerprint density at radius 2 is 1.80 bits per heavy atom. The van der Waals surface area contributed by atoms with Gasteiger partial charge in [-0.05, 0) is 66.2 Å². The third-order valence-corrected chi connectivity index (χ3v) is 5.69. The van der Waals surface area contributed by atoms with Gasteiger partial charge in [-0.2, -0.15) is 0 Å². The molecule has 0 bridgehead atoms. The van der Waals surface area contributed by atoms with Gasteiger partial charge in [-0.3, -0.25) is 14.5 Å². The molecule has 0 aromatic heterocycles. The lowest BCUT2D eigenvalue weighted by atomic mass is 10.1. The molecule has 0 radical (unpaired) electrons. The van der Waals surface area contributed by atoms with Crippen LogP contribution in [-0.2, 0) is 16.0 Å². The Morgan fingerprint density at radius 3 is 2.54 bits per heavy atom. The van der Waals surface area contributed by atoms with Gasteiger partial charge in [0, 0.05) is 5.69 Å². The van der Waals surface area contributed by atoms with Crippen molar-refractivity contribution in [2.24, 2.45) is 0 Å². The molecule has 0 saturated carbocycles. The number of thiocarbonyl (C=S) groups is 1. The molecule has 178 valence electrons. The largest absolute Gasteiger partial charge is 0.493 e. The highest BCUT2D eigenvalue weighted by Crippen LogP contribution is 2.30. The Bertz CT molecular complexity index is 1290. The van der Waals surface area contributed by atoms with E-state index in [1.165, 1.54) is 12.0 Å². The molecular formula is C27H25N3O4S. The van der Waals surface area contributed by atoms with Gasteiger partial charge in [0.15, 0.2) is 23.2 Å². The van der Waals surface area contributed by atoms with E-state index in [0.717, 1.165) is 17.7 Å². The Labute approximate surface area is 209 Å². The number of hydrogen-bond acceptors (Lipinski definition) is 5. The van der Waals surface area contributed by atoms with Crippen LogP contribution in [0.15, 0.2) is 78.5 Å². The van der Waals surface area contributed by atoms with E-state index in [9.17, 15) is 9.59 Å². The first-order valence-corrected chi connectivity index (χ1v) is 11.5. The zero-order valence-electron chi connectivity index (χ0n) is 19.4. The van der Waals surface area contributed by atoms with Crippen LogP contribution in [0, 0.1) is 0 Å². The fourth-order valence-corrected chi connectivity index (χ4v) is 3.99.